The molecule has 0 radical (unpaired) electrons. The van der Waals surface area contributed by atoms with E-state index < -0.39 is 12.0 Å². The Bertz CT molecular complexity index is 593. The summed E-state index contributed by atoms with van der Waals surface area (Å²) >= 11 is 0. The predicted molar refractivity (Wildman–Crippen MR) is 79.5 cm³/mol. The Labute approximate surface area is 118 Å². The fraction of sp³-hybridized carbons (Fsp3) is 0.375. The summed E-state index contributed by atoms with van der Waals surface area (Å²) in [5.74, 6) is -0.706. The average Bonchev–Trinajstić information content (AvgIpc) is 2.47. The van der Waals surface area contributed by atoms with Gasteiger partial charge in [-0.15, -0.1) is 0 Å². The Balaban J connectivity index is 2.18. The molecule has 1 aromatic carbocycles. The van der Waals surface area contributed by atoms with Crippen LogP contribution in [0.2, 0.25) is 0 Å². The summed E-state index contributed by atoms with van der Waals surface area (Å²) in [6.07, 6.45) is 2.59. The van der Waals surface area contributed by atoms with Gasteiger partial charge in [-0.25, -0.2) is 0 Å². The summed E-state index contributed by atoms with van der Waals surface area (Å²) in [6.45, 7) is 4.46. The van der Waals surface area contributed by atoms with E-state index in [0.29, 0.717) is 6.54 Å². The number of carboxylic acid groups (broad SMARTS) is 1. The lowest BCUT2D eigenvalue weighted by Crippen LogP contribution is -2.41. The molecular weight excluding hydrogens is 252 g/mol. The van der Waals surface area contributed by atoms with Crippen molar-refractivity contribution in [1.29, 1.82) is 0 Å². The lowest BCUT2D eigenvalue weighted by Gasteiger charge is -2.20. The number of hydrogen-bond acceptors (Lipinski definition) is 3. The molecule has 0 aliphatic carbocycles. The van der Waals surface area contributed by atoms with Crippen LogP contribution in [0.5, 0.6) is 0 Å². The number of fused-ring (bicyclic) bond motifs is 1. The van der Waals surface area contributed by atoms with Crippen molar-refractivity contribution >= 4 is 16.9 Å². The van der Waals surface area contributed by atoms with Crippen LogP contribution in [0.3, 0.4) is 0 Å². The molecule has 20 heavy (non-hydrogen) atoms. The lowest BCUT2D eigenvalue weighted by molar-refractivity contribution is -0.140. The highest BCUT2D eigenvalue weighted by molar-refractivity contribution is 5.81. The van der Waals surface area contributed by atoms with Gasteiger partial charge in [-0.2, -0.15) is 0 Å². The number of benzene rings is 1. The molecule has 0 spiro atoms. The maximum Gasteiger partial charge on any atom is 0.320 e. The molecular formula is C16H20N2O2. The zero-order valence-corrected chi connectivity index (χ0v) is 11.8. The van der Waals surface area contributed by atoms with Gasteiger partial charge in [0.05, 0.1) is 5.52 Å². The van der Waals surface area contributed by atoms with Gasteiger partial charge in [-0.3, -0.25) is 15.1 Å². The fourth-order valence-corrected chi connectivity index (χ4v) is 2.30. The highest BCUT2D eigenvalue weighted by Crippen LogP contribution is 2.16. The quantitative estimate of drug-likeness (QED) is 0.849. The van der Waals surface area contributed by atoms with E-state index in [1.54, 1.807) is 6.20 Å². The van der Waals surface area contributed by atoms with E-state index in [-0.39, 0.29) is 5.92 Å². The van der Waals surface area contributed by atoms with Crippen LogP contribution in [0.15, 0.2) is 36.5 Å². The molecule has 0 unspecified atom stereocenters. The molecule has 4 heteroatoms. The van der Waals surface area contributed by atoms with Crippen LogP contribution < -0.4 is 5.32 Å². The Morgan fingerprint density at radius 2 is 2.10 bits per heavy atom. The molecule has 106 valence electrons. The third-order valence-corrected chi connectivity index (χ3v) is 3.71. The highest BCUT2D eigenvalue weighted by atomic mass is 16.4. The van der Waals surface area contributed by atoms with Gasteiger partial charge in [-0.1, -0.05) is 44.5 Å². The maximum atomic E-state index is 11.3. The van der Waals surface area contributed by atoms with E-state index in [4.69, 9.17) is 0 Å². The largest absolute Gasteiger partial charge is 0.480 e. The molecule has 2 rings (SSSR count). The minimum Gasteiger partial charge on any atom is -0.480 e. The van der Waals surface area contributed by atoms with Gasteiger partial charge in [-0.05, 0) is 17.5 Å². The van der Waals surface area contributed by atoms with E-state index in [1.807, 2.05) is 44.2 Å². The summed E-state index contributed by atoms with van der Waals surface area (Å²) in [5.41, 5.74) is 1.95. The van der Waals surface area contributed by atoms with Crippen molar-refractivity contribution < 1.29 is 9.90 Å². The molecule has 2 atom stereocenters. The summed E-state index contributed by atoms with van der Waals surface area (Å²) in [4.78, 5) is 15.7. The van der Waals surface area contributed by atoms with E-state index in [9.17, 15) is 9.90 Å². The minimum absolute atomic E-state index is 0.0930. The number of carbonyl (C=O) groups is 1. The Hall–Kier alpha value is -1.94. The number of nitrogens with zero attached hydrogens (tertiary/aromatic N) is 1. The number of rotatable bonds is 6. The standard InChI is InChI=1S/C16H20N2O2/c1-3-11(2)14(16(19)20)18-10-13-7-4-6-12-8-5-9-17-15(12)13/h4-9,11,14,18H,3,10H2,1-2H3,(H,19,20)/t11-,14-/m0/s1. The van der Waals surface area contributed by atoms with Crippen LogP contribution in [-0.2, 0) is 11.3 Å². The number of pyridine rings is 1. The van der Waals surface area contributed by atoms with Gasteiger partial charge in [0.15, 0.2) is 0 Å². The second-order valence-corrected chi connectivity index (χ2v) is 5.07. The molecule has 2 aromatic rings. The maximum absolute atomic E-state index is 11.3. The Morgan fingerprint density at radius 1 is 1.35 bits per heavy atom. The van der Waals surface area contributed by atoms with E-state index >= 15 is 0 Å². The molecule has 0 aliphatic heterocycles. The molecule has 0 bridgehead atoms. The zero-order valence-electron chi connectivity index (χ0n) is 11.8. The van der Waals surface area contributed by atoms with Crippen LogP contribution in [0.1, 0.15) is 25.8 Å². The van der Waals surface area contributed by atoms with Crippen molar-refractivity contribution in [3.05, 3.63) is 42.1 Å². The van der Waals surface area contributed by atoms with Crippen molar-refractivity contribution in [1.82, 2.24) is 10.3 Å². The molecule has 1 aromatic heterocycles. The Morgan fingerprint density at radius 3 is 2.80 bits per heavy atom. The molecule has 2 N–H and O–H groups in total. The van der Waals surface area contributed by atoms with Crippen molar-refractivity contribution in [2.45, 2.75) is 32.9 Å². The molecule has 0 saturated heterocycles. The first-order valence-electron chi connectivity index (χ1n) is 6.92. The van der Waals surface area contributed by atoms with Gasteiger partial charge >= 0.3 is 5.97 Å². The summed E-state index contributed by atoms with van der Waals surface area (Å²) < 4.78 is 0. The SMILES string of the molecule is CC[C@H](C)[C@H](NCc1cccc2cccnc12)C(=O)O. The molecule has 0 fully saturated rings. The van der Waals surface area contributed by atoms with Crippen LogP contribution >= 0.6 is 0 Å². The average molecular weight is 272 g/mol. The second kappa shape index (κ2) is 6.48. The number of aliphatic carboxylic acids is 1. The predicted octanol–water partition coefficient (Wildman–Crippen LogP) is 2.82. The van der Waals surface area contributed by atoms with E-state index in [0.717, 1.165) is 22.9 Å². The number of para-hydroxylation sites is 1. The first kappa shape index (κ1) is 14.5. The molecule has 0 saturated carbocycles. The summed E-state index contributed by atoms with van der Waals surface area (Å²) in [5, 5.41) is 13.5. The van der Waals surface area contributed by atoms with Crippen LogP contribution in [0, 0.1) is 5.92 Å². The van der Waals surface area contributed by atoms with E-state index in [2.05, 4.69) is 10.3 Å². The first-order valence-corrected chi connectivity index (χ1v) is 6.92. The first-order chi connectivity index (χ1) is 9.63. The second-order valence-electron chi connectivity index (χ2n) is 5.07. The van der Waals surface area contributed by atoms with Crippen LogP contribution in [0.25, 0.3) is 10.9 Å². The van der Waals surface area contributed by atoms with Gasteiger partial charge < -0.3 is 5.11 Å². The normalized spacial score (nSPS) is 14.1. The van der Waals surface area contributed by atoms with Crippen molar-refractivity contribution in [2.24, 2.45) is 5.92 Å². The molecule has 0 aliphatic rings. The number of carboxylic acids is 1. The van der Waals surface area contributed by atoms with Crippen LogP contribution in [-0.4, -0.2) is 22.1 Å². The minimum atomic E-state index is -0.799. The van der Waals surface area contributed by atoms with Gasteiger partial charge in [0.2, 0.25) is 0 Å². The zero-order chi connectivity index (χ0) is 14.5. The van der Waals surface area contributed by atoms with Crippen molar-refractivity contribution in [3.63, 3.8) is 0 Å². The Kier molecular flexibility index (Phi) is 4.69. The number of hydrogen-bond donors (Lipinski definition) is 2. The third kappa shape index (κ3) is 3.14. The molecule has 0 amide bonds. The lowest BCUT2D eigenvalue weighted by atomic mass is 9.99. The molecule has 4 nitrogen and oxygen atoms in total. The summed E-state index contributed by atoms with van der Waals surface area (Å²) in [7, 11) is 0. The van der Waals surface area contributed by atoms with Gasteiger partial charge in [0.25, 0.3) is 0 Å². The van der Waals surface area contributed by atoms with Crippen LogP contribution in [0.4, 0.5) is 0 Å². The topological polar surface area (TPSA) is 62.2 Å². The van der Waals surface area contributed by atoms with Crippen molar-refractivity contribution in [2.75, 3.05) is 0 Å². The van der Waals surface area contributed by atoms with Gasteiger partial charge in [0.1, 0.15) is 6.04 Å². The highest BCUT2D eigenvalue weighted by Gasteiger charge is 2.22. The smallest absolute Gasteiger partial charge is 0.320 e. The molecule has 1 heterocycles. The monoisotopic (exact) mass is 272 g/mol. The fourth-order valence-electron chi connectivity index (χ4n) is 2.30. The van der Waals surface area contributed by atoms with Crippen molar-refractivity contribution in [3.8, 4) is 0 Å². The van der Waals surface area contributed by atoms with Gasteiger partial charge in [0, 0.05) is 18.1 Å². The number of nitrogens with one attached hydrogen (secondary N) is 1. The third-order valence-electron chi connectivity index (χ3n) is 3.71. The van der Waals surface area contributed by atoms with E-state index in [1.165, 1.54) is 0 Å². The number of aromatic nitrogens is 1. The summed E-state index contributed by atoms with van der Waals surface area (Å²) in [6, 6.07) is 9.35.